The van der Waals surface area contributed by atoms with E-state index in [1.165, 1.54) is 18.5 Å². The summed E-state index contributed by atoms with van der Waals surface area (Å²) in [6.07, 6.45) is 3.20. The molecule has 0 N–H and O–H groups in total. The van der Waals surface area contributed by atoms with Crippen molar-refractivity contribution in [2.75, 3.05) is 11.9 Å². The standard InChI is InChI=1S/C17H15FN6O/c1-11-7-13(22-25-11)9-23(2)16-15-8-21-24(17(15)20-10-19-16)14-5-3-12(18)4-6-14/h3-8,10H,9H2,1-2H3. The Hall–Kier alpha value is -3.29. The number of benzene rings is 1. The fourth-order valence-corrected chi connectivity index (χ4v) is 2.72. The molecule has 0 bridgehead atoms. The van der Waals surface area contributed by atoms with Gasteiger partial charge in [0.05, 0.1) is 23.8 Å². The van der Waals surface area contributed by atoms with Crippen LogP contribution in [0.3, 0.4) is 0 Å². The fraction of sp³-hybridized carbons (Fsp3) is 0.176. The zero-order chi connectivity index (χ0) is 17.4. The van der Waals surface area contributed by atoms with Crippen molar-refractivity contribution < 1.29 is 8.91 Å². The van der Waals surface area contributed by atoms with Crippen LogP contribution < -0.4 is 4.90 Å². The lowest BCUT2D eigenvalue weighted by atomic mass is 10.3. The van der Waals surface area contributed by atoms with Crippen LogP contribution in [0.1, 0.15) is 11.5 Å². The molecule has 0 saturated heterocycles. The van der Waals surface area contributed by atoms with Crippen LogP contribution in [0.5, 0.6) is 0 Å². The summed E-state index contributed by atoms with van der Waals surface area (Å²) in [5.74, 6) is 1.21. The summed E-state index contributed by atoms with van der Waals surface area (Å²) in [5, 5.41) is 9.19. The highest BCUT2D eigenvalue weighted by Crippen LogP contribution is 2.25. The van der Waals surface area contributed by atoms with E-state index in [-0.39, 0.29) is 5.82 Å². The van der Waals surface area contributed by atoms with Gasteiger partial charge < -0.3 is 9.42 Å². The van der Waals surface area contributed by atoms with Crippen molar-refractivity contribution in [3.8, 4) is 5.69 Å². The molecule has 3 heterocycles. The van der Waals surface area contributed by atoms with Gasteiger partial charge in [0.15, 0.2) is 5.65 Å². The molecule has 25 heavy (non-hydrogen) atoms. The van der Waals surface area contributed by atoms with Gasteiger partial charge in [-0.15, -0.1) is 0 Å². The maximum Gasteiger partial charge on any atom is 0.168 e. The lowest BCUT2D eigenvalue weighted by molar-refractivity contribution is 0.390. The van der Waals surface area contributed by atoms with Crippen molar-refractivity contribution in [2.24, 2.45) is 0 Å². The molecule has 7 nitrogen and oxygen atoms in total. The smallest absolute Gasteiger partial charge is 0.168 e. The highest BCUT2D eigenvalue weighted by molar-refractivity contribution is 5.87. The minimum Gasteiger partial charge on any atom is -0.361 e. The topological polar surface area (TPSA) is 72.9 Å². The van der Waals surface area contributed by atoms with Crippen molar-refractivity contribution in [3.05, 3.63) is 60.1 Å². The lowest BCUT2D eigenvalue weighted by Gasteiger charge is -2.16. The number of fused-ring (bicyclic) bond motifs is 1. The quantitative estimate of drug-likeness (QED) is 0.570. The second-order valence-electron chi connectivity index (χ2n) is 5.75. The summed E-state index contributed by atoms with van der Waals surface area (Å²) < 4.78 is 19.9. The summed E-state index contributed by atoms with van der Waals surface area (Å²) in [6, 6.07) is 7.99. The highest BCUT2D eigenvalue weighted by Gasteiger charge is 2.15. The van der Waals surface area contributed by atoms with Gasteiger partial charge in [0.25, 0.3) is 0 Å². The molecule has 0 fully saturated rings. The number of halogens is 1. The third kappa shape index (κ3) is 2.82. The van der Waals surface area contributed by atoms with Crippen LogP contribution in [0.4, 0.5) is 10.2 Å². The van der Waals surface area contributed by atoms with Gasteiger partial charge in [0.1, 0.15) is 29.4 Å². The van der Waals surface area contributed by atoms with Crippen LogP contribution in [0.2, 0.25) is 0 Å². The zero-order valence-electron chi connectivity index (χ0n) is 13.7. The summed E-state index contributed by atoms with van der Waals surface area (Å²) in [6.45, 7) is 2.40. The van der Waals surface area contributed by atoms with Crippen LogP contribution in [0.15, 0.2) is 47.4 Å². The average Bonchev–Trinajstić information content (AvgIpc) is 3.21. The van der Waals surface area contributed by atoms with Crippen LogP contribution in [0, 0.1) is 12.7 Å². The molecular weight excluding hydrogens is 323 g/mol. The van der Waals surface area contributed by atoms with Gasteiger partial charge in [-0.05, 0) is 31.2 Å². The van der Waals surface area contributed by atoms with Crippen molar-refractivity contribution in [1.29, 1.82) is 0 Å². The molecule has 4 rings (SSSR count). The molecule has 0 amide bonds. The molecule has 0 aliphatic carbocycles. The number of aromatic nitrogens is 5. The fourth-order valence-electron chi connectivity index (χ4n) is 2.72. The Kier molecular flexibility index (Phi) is 3.64. The number of hydrogen-bond acceptors (Lipinski definition) is 6. The molecule has 0 atom stereocenters. The lowest BCUT2D eigenvalue weighted by Crippen LogP contribution is -2.18. The summed E-state index contributed by atoms with van der Waals surface area (Å²) in [4.78, 5) is 10.7. The Morgan fingerprint density at radius 1 is 1.20 bits per heavy atom. The van der Waals surface area contributed by atoms with Gasteiger partial charge in [-0.1, -0.05) is 5.16 Å². The van der Waals surface area contributed by atoms with E-state index in [0.717, 1.165) is 28.3 Å². The number of nitrogens with zero attached hydrogens (tertiary/aromatic N) is 6. The van der Waals surface area contributed by atoms with Crippen molar-refractivity contribution in [1.82, 2.24) is 24.9 Å². The minimum absolute atomic E-state index is 0.293. The van der Waals surface area contributed by atoms with Gasteiger partial charge in [-0.3, -0.25) is 0 Å². The number of hydrogen-bond donors (Lipinski definition) is 0. The highest BCUT2D eigenvalue weighted by atomic mass is 19.1. The van der Waals surface area contributed by atoms with Crippen LogP contribution in [-0.2, 0) is 6.54 Å². The van der Waals surface area contributed by atoms with Crippen molar-refractivity contribution in [2.45, 2.75) is 13.5 Å². The number of anilines is 1. The molecule has 1 aromatic carbocycles. The summed E-state index contributed by atoms with van der Waals surface area (Å²) in [5.41, 5.74) is 2.20. The molecule has 0 unspecified atom stereocenters. The SMILES string of the molecule is Cc1cc(CN(C)c2ncnc3c2cnn3-c2ccc(F)cc2)no1. The first-order valence-corrected chi connectivity index (χ1v) is 7.70. The third-order valence-corrected chi connectivity index (χ3v) is 3.85. The van der Waals surface area contributed by atoms with Crippen LogP contribution in [-0.4, -0.2) is 32.0 Å². The van der Waals surface area contributed by atoms with Crippen molar-refractivity contribution >= 4 is 16.9 Å². The summed E-state index contributed by atoms with van der Waals surface area (Å²) in [7, 11) is 1.92. The van der Waals surface area contributed by atoms with E-state index in [4.69, 9.17) is 4.52 Å². The van der Waals surface area contributed by atoms with E-state index in [1.807, 2.05) is 24.9 Å². The predicted molar refractivity (Wildman–Crippen MR) is 90.0 cm³/mol. The van der Waals surface area contributed by atoms with E-state index >= 15 is 0 Å². The largest absolute Gasteiger partial charge is 0.361 e. The molecule has 8 heteroatoms. The molecule has 126 valence electrons. The van der Waals surface area contributed by atoms with E-state index in [0.29, 0.717) is 12.2 Å². The van der Waals surface area contributed by atoms with Crippen LogP contribution >= 0.6 is 0 Å². The van der Waals surface area contributed by atoms with Crippen LogP contribution in [0.25, 0.3) is 16.7 Å². The van der Waals surface area contributed by atoms with E-state index in [1.54, 1.807) is 23.0 Å². The maximum absolute atomic E-state index is 13.1. The molecular formula is C17H15FN6O. The first-order valence-electron chi connectivity index (χ1n) is 7.70. The predicted octanol–water partition coefficient (Wildman–Crippen LogP) is 2.89. The van der Waals surface area contributed by atoms with E-state index < -0.39 is 0 Å². The minimum atomic E-state index is -0.293. The Balaban J connectivity index is 1.72. The molecule has 0 radical (unpaired) electrons. The second kappa shape index (κ2) is 5.97. The van der Waals surface area contributed by atoms with Gasteiger partial charge in [-0.25, -0.2) is 19.0 Å². The normalized spacial score (nSPS) is 11.2. The number of rotatable bonds is 4. The molecule has 0 saturated carbocycles. The maximum atomic E-state index is 13.1. The van der Waals surface area contributed by atoms with Gasteiger partial charge in [0.2, 0.25) is 0 Å². The van der Waals surface area contributed by atoms with Gasteiger partial charge in [0, 0.05) is 13.1 Å². The molecule has 0 aliphatic heterocycles. The first kappa shape index (κ1) is 15.3. The Morgan fingerprint density at radius 2 is 2.00 bits per heavy atom. The Morgan fingerprint density at radius 3 is 2.72 bits per heavy atom. The monoisotopic (exact) mass is 338 g/mol. The first-order chi connectivity index (χ1) is 12.1. The third-order valence-electron chi connectivity index (χ3n) is 3.85. The van der Waals surface area contributed by atoms with E-state index in [9.17, 15) is 4.39 Å². The molecule has 4 aromatic rings. The van der Waals surface area contributed by atoms with Gasteiger partial charge in [-0.2, -0.15) is 5.10 Å². The number of aryl methyl sites for hydroxylation is 1. The Bertz CT molecular complexity index is 1020. The van der Waals surface area contributed by atoms with Gasteiger partial charge >= 0.3 is 0 Å². The summed E-state index contributed by atoms with van der Waals surface area (Å²) >= 11 is 0. The van der Waals surface area contributed by atoms with Crippen molar-refractivity contribution in [3.63, 3.8) is 0 Å². The average molecular weight is 338 g/mol. The molecule has 0 aliphatic rings. The Labute approximate surface area is 142 Å². The molecule has 0 spiro atoms. The molecule has 3 aromatic heterocycles. The van der Waals surface area contributed by atoms with E-state index in [2.05, 4.69) is 20.2 Å². The second-order valence-corrected chi connectivity index (χ2v) is 5.75. The zero-order valence-corrected chi connectivity index (χ0v) is 13.7.